The van der Waals surface area contributed by atoms with Crippen molar-refractivity contribution in [1.82, 2.24) is 0 Å². The van der Waals surface area contributed by atoms with Crippen molar-refractivity contribution in [2.24, 2.45) is 0 Å². The van der Waals surface area contributed by atoms with E-state index in [1.807, 2.05) is 6.07 Å². The third kappa shape index (κ3) is 6.19. The average molecular weight is 405 g/mol. The van der Waals surface area contributed by atoms with Gasteiger partial charge in [-0.3, -0.25) is 14.9 Å². The smallest absolute Gasteiger partial charge is 0.331 e. The molecular weight excluding hydrogens is 392 g/mol. The topological polar surface area (TPSA) is 98.5 Å². The molecule has 0 radical (unpaired) electrons. The number of carbonyl (C=O) groups excluding carboxylic acids is 2. The highest BCUT2D eigenvalue weighted by Crippen LogP contribution is 2.15. The molecule has 0 heterocycles. The van der Waals surface area contributed by atoms with Gasteiger partial charge in [0.2, 0.25) is 0 Å². The van der Waals surface area contributed by atoms with Gasteiger partial charge in [-0.1, -0.05) is 22.0 Å². The monoisotopic (exact) mass is 404 g/mol. The molecule has 0 saturated heterocycles. The van der Waals surface area contributed by atoms with Gasteiger partial charge < -0.3 is 10.1 Å². The summed E-state index contributed by atoms with van der Waals surface area (Å²) in [6.07, 6.45) is 2.59. The molecule has 0 unspecified atom stereocenters. The van der Waals surface area contributed by atoms with E-state index in [2.05, 4.69) is 21.2 Å². The quantitative estimate of drug-likeness (QED) is 0.343. The van der Waals surface area contributed by atoms with E-state index >= 15 is 0 Å². The minimum Gasteiger partial charge on any atom is -0.452 e. The van der Waals surface area contributed by atoms with Gasteiger partial charge in [-0.15, -0.1) is 0 Å². The van der Waals surface area contributed by atoms with Gasteiger partial charge >= 0.3 is 5.97 Å². The zero-order chi connectivity index (χ0) is 18.2. The Kier molecular flexibility index (Phi) is 6.41. The summed E-state index contributed by atoms with van der Waals surface area (Å²) in [4.78, 5) is 33.4. The van der Waals surface area contributed by atoms with Crippen LogP contribution >= 0.6 is 15.9 Å². The van der Waals surface area contributed by atoms with Gasteiger partial charge in [-0.2, -0.15) is 0 Å². The Morgan fingerprint density at radius 1 is 1.20 bits per heavy atom. The normalized spacial score (nSPS) is 10.4. The molecule has 0 fully saturated rings. The van der Waals surface area contributed by atoms with Crippen LogP contribution in [0.4, 0.5) is 11.4 Å². The maximum Gasteiger partial charge on any atom is 0.331 e. The van der Waals surface area contributed by atoms with Crippen molar-refractivity contribution < 1.29 is 19.2 Å². The summed E-state index contributed by atoms with van der Waals surface area (Å²) in [7, 11) is 0. The number of nitro groups is 1. The Balaban J connectivity index is 1.81. The number of nitro benzene ring substituents is 1. The Morgan fingerprint density at radius 3 is 2.56 bits per heavy atom. The van der Waals surface area contributed by atoms with Crippen LogP contribution in [0, 0.1) is 10.1 Å². The Bertz CT molecular complexity index is 818. The van der Waals surface area contributed by atoms with Crippen LogP contribution in [-0.2, 0) is 14.3 Å². The number of nitrogens with zero attached hydrogens (tertiary/aromatic N) is 1. The molecule has 2 aromatic rings. The van der Waals surface area contributed by atoms with Crippen molar-refractivity contribution in [3.63, 3.8) is 0 Å². The van der Waals surface area contributed by atoms with Gasteiger partial charge in [0, 0.05) is 28.4 Å². The van der Waals surface area contributed by atoms with Gasteiger partial charge in [-0.05, 0) is 42.0 Å². The van der Waals surface area contributed by atoms with Crippen molar-refractivity contribution in [2.45, 2.75) is 0 Å². The minimum atomic E-state index is -0.692. The number of carbonyl (C=O) groups is 2. The van der Waals surface area contributed by atoms with Crippen molar-refractivity contribution in [2.75, 3.05) is 11.9 Å². The Morgan fingerprint density at radius 2 is 1.92 bits per heavy atom. The molecule has 0 saturated carbocycles. The molecule has 25 heavy (non-hydrogen) atoms. The fourth-order valence-corrected chi connectivity index (χ4v) is 2.22. The van der Waals surface area contributed by atoms with Crippen LogP contribution in [-0.4, -0.2) is 23.4 Å². The summed E-state index contributed by atoms with van der Waals surface area (Å²) in [5.74, 6) is -1.15. The van der Waals surface area contributed by atoms with Crippen molar-refractivity contribution in [3.05, 3.63) is 74.8 Å². The molecule has 0 aliphatic carbocycles. The van der Waals surface area contributed by atoms with E-state index in [4.69, 9.17) is 4.74 Å². The molecule has 0 atom stereocenters. The molecule has 0 spiro atoms. The highest BCUT2D eigenvalue weighted by molar-refractivity contribution is 9.10. The number of hydrogen-bond acceptors (Lipinski definition) is 5. The van der Waals surface area contributed by atoms with E-state index in [-0.39, 0.29) is 5.69 Å². The first-order valence-corrected chi connectivity index (χ1v) is 7.88. The first-order valence-electron chi connectivity index (χ1n) is 7.09. The van der Waals surface area contributed by atoms with Crippen molar-refractivity contribution in [3.8, 4) is 0 Å². The van der Waals surface area contributed by atoms with Crippen molar-refractivity contribution >= 4 is 45.3 Å². The lowest BCUT2D eigenvalue weighted by atomic mass is 10.2. The van der Waals surface area contributed by atoms with E-state index in [9.17, 15) is 19.7 Å². The first-order chi connectivity index (χ1) is 11.9. The molecule has 1 amide bonds. The van der Waals surface area contributed by atoms with Crippen LogP contribution in [0.25, 0.3) is 6.08 Å². The third-order valence-corrected chi connectivity index (χ3v) is 3.46. The van der Waals surface area contributed by atoms with Crippen LogP contribution in [0.5, 0.6) is 0 Å². The van der Waals surface area contributed by atoms with E-state index in [0.717, 1.165) is 10.5 Å². The molecule has 0 bridgehead atoms. The third-order valence-electron chi connectivity index (χ3n) is 2.97. The minimum absolute atomic E-state index is 0.0380. The van der Waals surface area contributed by atoms with E-state index in [1.54, 1.807) is 18.2 Å². The Hall–Kier alpha value is -3.00. The fraction of sp³-hybridized carbons (Fsp3) is 0.0588. The highest BCUT2D eigenvalue weighted by Gasteiger charge is 2.06. The molecule has 2 aromatic carbocycles. The number of nitrogens with one attached hydrogen (secondary N) is 1. The summed E-state index contributed by atoms with van der Waals surface area (Å²) >= 11 is 3.29. The van der Waals surface area contributed by atoms with E-state index < -0.39 is 23.4 Å². The molecule has 0 aromatic heterocycles. The van der Waals surface area contributed by atoms with Gasteiger partial charge in [-0.25, -0.2) is 4.79 Å². The van der Waals surface area contributed by atoms with Crippen LogP contribution in [0.1, 0.15) is 5.56 Å². The highest BCUT2D eigenvalue weighted by atomic mass is 79.9. The molecule has 128 valence electrons. The zero-order valence-corrected chi connectivity index (χ0v) is 14.4. The molecule has 7 nitrogen and oxygen atoms in total. The number of ether oxygens (including phenoxy) is 1. The molecule has 0 aliphatic heterocycles. The second kappa shape index (κ2) is 8.74. The average Bonchev–Trinajstić information content (AvgIpc) is 2.58. The summed E-state index contributed by atoms with van der Waals surface area (Å²) < 4.78 is 5.65. The predicted octanol–water partition coefficient (Wildman–Crippen LogP) is 3.55. The summed E-state index contributed by atoms with van der Waals surface area (Å²) in [6.45, 7) is -0.421. The predicted molar refractivity (Wildman–Crippen MR) is 95.9 cm³/mol. The fourth-order valence-electron chi connectivity index (χ4n) is 1.82. The van der Waals surface area contributed by atoms with E-state index in [1.165, 1.54) is 30.3 Å². The summed E-state index contributed by atoms with van der Waals surface area (Å²) in [5.41, 5.74) is 1.14. The van der Waals surface area contributed by atoms with Gasteiger partial charge in [0.05, 0.1) is 4.92 Å². The second-order valence-corrected chi connectivity index (χ2v) is 5.76. The standard InChI is InChI=1S/C17H13BrN2O5/c18-13-2-1-3-14(10-13)19-16(21)11-25-17(22)9-6-12-4-7-15(8-5-12)20(23)24/h1-10H,11H2,(H,19,21)/b9-6+. The van der Waals surface area contributed by atoms with Gasteiger partial charge in [0.25, 0.3) is 11.6 Å². The number of halogens is 1. The lowest BCUT2D eigenvalue weighted by Crippen LogP contribution is -2.20. The van der Waals surface area contributed by atoms with Crippen LogP contribution in [0.3, 0.4) is 0 Å². The zero-order valence-electron chi connectivity index (χ0n) is 12.8. The number of hydrogen-bond donors (Lipinski definition) is 1. The SMILES string of the molecule is O=C(COC(=O)/C=C/c1ccc([N+](=O)[O-])cc1)Nc1cccc(Br)c1. The number of rotatable bonds is 6. The second-order valence-electron chi connectivity index (χ2n) is 4.85. The van der Waals surface area contributed by atoms with Gasteiger partial charge in [0.1, 0.15) is 0 Å². The summed E-state index contributed by atoms with van der Waals surface area (Å²) in [6, 6.07) is 12.7. The van der Waals surface area contributed by atoms with Crippen LogP contribution < -0.4 is 5.32 Å². The number of esters is 1. The number of amides is 1. The number of anilines is 1. The van der Waals surface area contributed by atoms with Crippen LogP contribution in [0.15, 0.2) is 59.1 Å². The van der Waals surface area contributed by atoms with Crippen molar-refractivity contribution in [1.29, 1.82) is 0 Å². The van der Waals surface area contributed by atoms with Gasteiger partial charge in [0.15, 0.2) is 6.61 Å². The number of non-ortho nitro benzene ring substituents is 1. The lowest BCUT2D eigenvalue weighted by molar-refractivity contribution is -0.384. The largest absolute Gasteiger partial charge is 0.452 e. The molecule has 0 aliphatic rings. The summed E-state index contributed by atoms with van der Waals surface area (Å²) in [5, 5.41) is 13.1. The first kappa shape index (κ1) is 18.3. The molecule has 8 heteroatoms. The lowest BCUT2D eigenvalue weighted by Gasteiger charge is -2.05. The Labute approximate surface area is 151 Å². The van der Waals surface area contributed by atoms with Crippen LogP contribution in [0.2, 0.25) is 0 Å². The maximum absolute atomic E-state index is 11.7. The maximum atomic E-state index is 11.7. The number of benzene rings is 2. The molecule has 2 rings (SSSR count). The van der Waals surface area contributed by atoms with E-state index in [0.29, 0.717) is 11.3 Å². The molecule has 1 N–H and O–H groups in total. The molecular formula is C17H13BrN2O5.